The van der Waals surface area contributed by atoms with E-state index in [1.165, 1.54) is 77.0 Å². The summed E-state index contributed by atoms with van der Waals surface area (Å²) in [7, 11) is -4.31. The molecule has 0 aromatic carbocycles. The van der Waals surface area contributed by atoms with Gasteiger partial charge in [0.2, 0.25) is 0 Å². The van der Waals surface area contributed by atoms with Crippen molar-refractivity contribution in [3.63, 3.8) is 0 Å². The maximum atomic E-state index is 12.0. The second kappa shape index (κ2) is 23.7. The molecule has 0 saturated carbocycles. The third kappa shape index (κ3) is 22.8. The van der Waals surface area contributed by atoms with Crippen LogP contribution in [-0.2, 0) is 32.7 Å². The van der Waals surface area contributed by atoms with Crippen LogP contribution in [0.1, 0.15) is 110 Å². The number of ether oxygens (including phenoxy) is 2. The van der Waals surface area contributed by atoms with Crippen LogP contribution in [0.4, 0.5) is 0 Å². The molecule has 0 spiro atoms. The van der Waals surface area contributed by atoms with Gasteiger partial charge in [0.1, 0.15) is 6.61 Å². The first kappa shape index (κ1) is 33.0. The van der Waals surface area contributed by atoms with Gasteiger partial charge in [-0.2, -0.15) is 0 Å². The summed E-state index contributed by atoms with van der Waals surface area (Å²) in [6.07, 6.45) is 17.9. The average Bonchev–Trinajstić information content (AvgIpc) is 2.82. The molecule has 202 valence electrons. The van der Waals surface area contributed by atoms with Crippen molar-refractivity contribution in [2.45, 2.75) is 116 Å². The van der Waals surface area contributed by atoms with Crippen LogP contribution in [-0.4, -0.2) is 49.8 Å². The molecular formula is C24H48NO8P. The van der Waals surface area contributed by atoms with Gasteiger partial charge in [0.05, 0.1) is 13.2 Å². The minimum absolute atomic E-state index is 0.0554. The largest absolute Gasteiger partial charge is 0.472 e. The lowest BCUT2D eigenvalue weighted by molar-refractivity contribution is -0.157. The molecule has 0 radical (unpaired) electrons. The third-order valence-corrected chi connectivity index (χ3v) is 6.41. The number of hydrogen-bond acceptors (Lipinski definition) is 8. The Balaban J connectivity index is 3.75. The number of carbonyl (C=O) groups is 2. The molecule has 34 heavy (non-hydrogen) atoms. The van der Waals surface area contributed by atoms with Crippen LogP contribution in [0.3, 0.4) is 0 Å². The van der Waals surface area contributed by atoms with Gasteiger partial charge >= 0.3 is 13.8 Å². The maximum Gasteiger partial charge on any atom is 0.472 e. The lowest BCUT2D eigenvalue weighted by atomic mass is 10.0. The molecule has 0 aromatic rings. The summed E-state index contributed by atoms with van der Waals surface area (Å²) in [5.41, 5.74) is 5.21. The molecule has 3 N–H and O–H groups in total. The molecule has 0 fully saturated rings. The van der Waals surface area contributed by atoms with E-state index in [2.05, 4.69) is 16.2 Å². The molecule has 0 rings (SSSR count). The van der Waals surface area contributed by atoms with Gasteiger partial charge in [0.15, 0.2) is 6.10 Å². The summed E-state index contributed by atoms with van der Waals surface area (Å²) >= 11 is 0. The van der Waals surface area contributed by atoms with Crippen molar-refractivity contribution in [1.29, 1.82) is 0 Å². The topological polar surface area (TPSA) is 134 Å². The highest BCUT2D eigenvalue weighted by molar-refractivity contribution is 7.47. The smallest absolute Gasteiger partial charge is 0.464 e. The van der Waals surface area contributed by atoms with E-state index in [1.54, 1.807) is 0 Å². The van der Waals surface area contributed by atoms with Crippen LogP contribution in [0, 0.1) is 0 Å². The van der Waals surface area contributed by atoms with E-state index in [1.807, 2.05) is 0 Å². The van der Waals surface area contributed by atoms with E-state index in [-0.39, 0.29) is 32.7 Å². The molecule has 0 heterocycles. The Morgan fingerprint density at radius 3 is 1.82 bits per heavy atom. The van der Waals surface area contributed by atoms with E-state index in [0.717, 1.165) is 12.8 Å². The van der Waals surface area contributed by atoms with Gasteiger partial charge in [0.25, 0.3) is 6.47 Å². The number of phosphoric acid groups is 1. The van der Waals surface area contributed by atoms with Crippen molar-refractivity contribution in [2.75, 3.05) is 26.4 Å². The fourth-order valence-electron chi connectivity index (χ4n) is 3.53. The van der Waals surface area contributed by atoms with Crippen LogP contribution < -0.4 is 5.73 Å². The Morgan fingerprint density at radius 1 is 0.853 bits per heavy atom. The number of esters is 1. The van der Waals surface area contributed by atoms with Crippen molar-refractivity contribution < 1.29 is 37.6 Å². The summed E-state index contributed by atoms with van der Waals surface area (Å²) in [5.74, 6) is -0.464. The van der Waals surface area contributed by atoms with Gasteiger partial charge in [-0.15, -0.1) is 0 Å². The summed E-state index contributed by atoms with van der Waals surface area (Å²) in [6, 6.07) is 0. The van der Waals surface area contributed by atoms with E-state index in [9.17, 15) is 19.0 Å². The minimum atomic E-state index is -4.31. The van der Waals surface area contributed by atoms with Crippen LogP contribution in [0.25, 0.3) is 0 Å². The molecule has 10 heteroatoms. The Bertz CT molecular complexity index is 535. The van der Waals surface area contributed by atoms with Gasteiger partial charge in [-0.25, -0.2) is 4.57 Å². The number of phosphoric ester groups is 1. The molecule has 9 nitrogen and oxygen atoms in total. The first-order chi connectivity index (χ1) is 16.4. The van der Waals surface area contributed by atoms with Crippen molar-refractivity contribution in [3.8, 4) is 0 Å². The average molecular weight is 510 g/mol. The van der Waals surface area contributed by atoms with Gasteiger partial charge in [-0.3, -0.25) is 18.6 Å². The van der Waals surface area contributed by atoms with Gasteiger partial charge in [-0.1, -0.05) is 96.8 Å². The zero-order valence-electron chi connectivity index (χ0n) is 21.1. The molecule has 0 saturated heterocycles. The highest BCUT2D eigenvalue weighted by atomic mass is 31.2. The quantitative estimate of drug-likeness (QED) is 0.0677. The fraction of sp³-hybridized carbons (Fsp3) is 0.917. The standard InChI is InChI=1S/C24H48NO8P/c1-2-3-4-5-6-7-8-9-10-11-12-13-14-15-16-17-24(27)33-23(20-30-22-26)21-32-34(28,29)31-19-18-25/h22-23H,2-21,25H2,1H3,(H,28,29)/t23-/m1/s1. The second-order valence-corrected chi connectivity index (χ2v) is 10.1. The molecule has 0 aliphatic rings. The highest BCUT2D eigenvalue weighted by Crippen LogP contribution is 2.43. The van der Waals surface area contributed by atoms with Gasteiger partial charge in [-0.05, 0) is 6.42 Å². The second-order valence-electron chi connectivity index (χ2n) is 8.63. The summed E-state index contributed by atoms with van der Waals surface area (Å²) in [6.45, 7) is 1.65. The zero-order chi connectivity index (χ0) is 25.3. The van der Waals surface area contributed by atoms with E-state index in [0.29, 0.717) is 6.42 Å². The molecule has 0 aliphatic carbocycles. The number of nitrogens with two attached hydrogens (primary N) is 1. The number of rotatable bonds is 26. The minimum Gasteiger partial charge on any atom is -0.464 e. The summed E-state index contributed by atoms with van der Waals surface area (Å²) in [5, 5.41) is 0. The lowest BCUT2D eigenvalue weighted by Crippen LogP contribution is -2.28. The van der Waals surface area contributed by atoms with E-state index in [4.69, 9.17) is 15.0 Å². The van der Waals surface area contributed by atoms with Crippen LogP contribution >= 0.6 is 7.82 Å². The predicted octanol–water partition coefficient (Wildman–Crippen LogP) is 5.43. The van der Waals surface area contributed by atoms with Gasteiger partial charge < -0.3 is 20.1 Å². The summed E-state index contributed by atoms with van der Waals surface area (Å²) < 4.78 is 30.9. The van der Waals surface area contributed by atoms with Crippen molar-refractivity contribution >= 4 is 20.3 Å². The first-order valence-corrected chi connectivity index (χ1v) is 14.5. The van der Waals surface area contributed by atoms with Crippen molar-refractivity contribution in [1.82, 2.24) is 0 Å². The summed E-state index contributed by atoms with van der Waals surface area (Å²) in [4.78, 5) is 32.0. The number of carbonyl (C=O) groups excluding carboxylic acids is 2. The number of hydrogen-bond donors (Lipinski definition) is 2. The SMILES string of the molecule is CCCCCCCCCCCCCCCCCC(=O)O[C@H](COC=O)COP(=O)(O)OCCN. The Hall–Kier alpha value is -0.990. The molecule has 0 bridgehead atoms. The molecule has 0 amide bonds. The third-order valence-electron chi connectivity index (χ3n) is 5.43. The van der Waals surface area contributed by atoms with Crippen LogP contribution in [0.2, 0.25) is 0 Å². The first-order valence-electron chi connectivity index (χ1n) is 13.0. The zero-order valence-corrected chi connectivity index (χ0v) is 22.0. The van der Waals surface area contributed by atoms with Crippen molar-refractivity contribution in [2.24, 2.45) is 5.73 Å². The molecule has 2 atom stereocenters. The maximum absolute atomic E-state index is 12.0. The van der Waals surface area contributed by atoms with Crippen LogP contribution in [0.5, 0.6) is 0 Å². The Kier molecular flexibility index (Phi) is 23.0. The van der Waals surface area contributed by atoms with E-state index < -0.39 is 26.5 Å². The van der Waals surface area contributed by atoms with Crippen molar-refractivity contribution in [3.05, 3.63) is 0 Å². The van der Waals surface area contributed by atoms with Crippen LogP contribution in [0.15, 0.2) is 0 Å². The Labute approximate surface area is 206 Å². The van der Waals surface area contributed by atoms with E-state index >= 15 is 0 Å². The fourth-order valence-corrected chi connectivity index (χ4v) is 4.30. The molecule has 0 aliphatic heterocycles. The molecule has 0 aromatic heterocycles. The predicted molar refractivity (Wildman–Crippen MR) is 132 cm³/mol. The molecular weight excluding hydrogens is 461 g/mol. The van der Waals surface area contributed by atoms with Gasteiger partial charge in [0, 0.05) is 13.0 Å². The normalized spacial score (nSPS) is 13.9. The highest BCUT2D eigenvalue weighted by Gasteiger charge is 2.25. The lowest BCUT2D eigenvalue weighted by Gasteiger charge is -2.18. The Morgan fingerprint density at radius 2 is 1.35 bits per heavy atom. The number of unbranched alkanes of at least 4 members (excludes halogenated alkanes) is 14. The monoisotopic (exact) mass is 509 g/mol. The molecule has 1 unspecified atom stereocenters.